The zero-order valence-corrected chi connectivity index (χ0v) is 16.5. The number of benzene rings is 2. The lowest BCUT2D eigenvalue weighted by molar-refractivity contribution is -0.113. The molecule has 0 aliphatic carbocycles. The highest BCUT2D eigenvalue weighted by Crippen LogP contribution is 2.30. The van der Waals surface area contributed by atoms with Crippen LogP contribution in [0.4, 0.5) is 5.69 Å². The Kier molecular flexibility index (Phi) is 6.91. The van der Waals surface area contributed by atoms with Crippen molar-refractivity contribution >= 4 is 23.4 Å². The topological polar surface area (TPSA) is 86.5 Å². The number of rotatable bonds is 9. The van der Waals surface area contributed by atoms with Gasteiger partial charge in [0.15, 0.2) is 0 Å². The number of hydrogen-bond donors (Lipinski definition) is 1. The normalized spacial score (nSPS) is 10.5. The third kappa shape index (κ3) is 5.26. The maximum absolute atomic E-state index is 12.4. The highest BCUT2D eigenvalue weighted by atomic mass is 32.2. The molecule has 0 aliphatic heterocycles. The monoisotopic (exact) mass is 399 g/mol. The van der Waals surface area contributed by atoms with E-state index in [0.29, 0.717) is 41.5 Å². The second-order valence-electron chi connectivity index (χ2n) is 5.60. The van der Waals surface area contributed by atoms with Gasteiger partial charge in [-0.1, -0.05) is 30.0 Å². The fourth-order valence-corrected chi connectivity index (χ4v) is 2.99. The molecule has 0 saturated heterocycles. The molecule has 7 nitrogen and oxygen atoms in total. The van der Waals surface area contributed by atoms with Crippen LogP contribution in [0.25, 0.3) is 11.5 Å². The number of carbonyl (C=O) groups excluding carboxylic acids is 1. The third-order valence-corrected chi connectivity index (χ3v) is 4.41. The van der Waals surface area contributed by atoms with Crippen LogP contribution in [0, 0.1) is 0 Å². The van der Waals surface area contributed by atoms with Crippen molar-refractivity contribution < 1.29 is 18.7 Å². The van der Waals surface area contributed by atoms with E-state index in [1.807, 2.05) is 50.2 Å². The number of hydrogen-bond acceptors (Lipinski definition) is 7. The van der Waals surface area contributed by atoms with Gasteiger partial charge in [0.05, 0.1) is 24.7 Å². The van der Waals surface area contributed by atoms with Crippen LogP contribution in [0.15, 0.2) is 58.2 Å². The SMILES string of the molecule is CCOc1ccc(OCC)c(NC(=O)CSc2nnc(-c3ccccc3)o2)c1. The minimum absolute atomic E-state index is 0.126. The lowest BCUT2D eigenvalue weighted by Crippen LogP contribution is -2.15. The summed E-state index contributed by atoms with van der Waals surface area (Å²) in [6, 6.07) is 14.8. The molecule has 0 bridgehead atoms. The van der Waals surface area contributed by atoms with E-state index in [4.69, 9.17) is 13.9 Å². The number of carbonyl (C=O) groups is 1. The average Bonchev–Trinajstić information content (AvgIpc) is 3.19. The molecule has 0 unspecified atom stereocenters. The summed E-state index contributed by atoms with van der Waals surface area (Å²) in [5.74, 6) is 1.60. The van der Waals surface area contributed by atoms with Crippen LogP contribution in [0.5, 0.6) is 11.5 Å². The second kappa shape index (κ2) is 9.80. The lowest BCUT2D eigenvalue weighted by Gasteiger charge is -2.13. The Morgan fingerprint density at radius 1 is 1.07 bits per heavy atom. The number of aromatic nitrogens is 2. The van der Waals surface area contributed by atoms with Crippen molar-refractivity contribution in [2.75, 3.05) is 24.3 Å². The summed E-state index contributed by atoms with van der Waals surface area (Å²) in [4.78, 5) is 12.4. The fraction of sp³-hybridized carbons (Fsp3) is 0.250. The van der Waals surface area contributed by atoms with Crippen molar-refractivity contribution in [1.29, 1.82) is 0 Å². The molecule has 1 heterocycles. The number of anilines is 1. The number of ether oxygens (including phenoxy) is 2. The van der Waals surface area contributed by atoms with Crippen LogP contribution >= 0.6 is 11.8 Å². The Bertz CT molecular complexity index is 915. The molecular weight excluding hydrogens is 378 g/mol. The molecule has 2 aromatic carbocycles. The van der Waals surface area contributed by atoms with E-state index in [9.17, 15) is 4.79 Å². The summed E-state index contributed by atoms with van der Waals surface area (Å²) in [5, 5.41) is 11.2. The first-order valence-corrected chi connectivity index (χ1v) is 9.89. The van der Waals surface area contributed by atoms with Gasteiger partial charge in [-0.15, -0.1) is 10.2 Å². The smallest absolute Gasteiger partial charge is 0.277 e. The van der Waals surface area contributed by atoms with Gasteiger partial charge in [-0.3, -0.25) is 4.79 Å². The fourth-order valence-electron chi connectivity index (χ4n) is 2.42. The highest BCUT2D eigenvalue weighted by molar-refractivity contribution is 7.99. The van der Waals surface area contributed by atoms with Crippen molar-refractivity contribution in [1.82, 2.24) is 10.2 Å². The van der Waals surface area contributed by atoms with E-state index in [1.54, 1.807) is 12.1 Å². The minimum atomic E-state index is -0.209. The maximum atomic E-state index is 12.4. The molecule has 3 aromatic rings. The zero-order chi connectivity index (χ0) is 19.8. The predicted molar refractivity (Wildman–Crippen MR) is 108 cm³/mol. The van der Waals surface area contributed by atoms with Crippen molar-refractivity contribution in [2.45, 2.75) is 19.1 Å². The van der Waals surface area contributed by atoms with Gasteiger partial charge in [-0.05, 0) is 38.1 Å². The molecule has 1 aromatic heterocycles. The first-order chi connectivity index (χ1) is 13.7. The first-order valence-electron chi connectivity index (χ1n) is 8.90. The molecule has 0 aliphatic rings. The van der Waals surface area contributed by atoms with Gasteiger partial charge >= 0.3 is 0 Å². The van der Waals surface area contributed by atoms with Crippen LogP contribution in [-0.4, -0.2) is 35.1 Å². The Morgan fingerprint density at radius 2 is 1.86 bits per heavy atom. The van der Waals surface area contributed by atoms with Gasteiger partial charge in [0.1, 0.15) is 11.5 Å². The van der Waals surface area contributed by atoms with Gasteiger partial charge in [0, 0.05) is 11.6 Å². The van der Waals surface area contributed by atoms with E-state index in [1.165, 1.54) is 11.8 Å². The highest BCUT2D eigenvalue weighted by Gasteiger charge is 2.13. The van der Waals surface area contributed by atoms with E-state index < -0.39 is 0 Å². The van der Waals surface area contributed by atoms with Gasteiger partial charge in [-0.2, -0.15) is 0 Å². The molecule has 3 rings (SSSR count). The summed E-state index contributed by atoms with van der Waals surface area (Å²) >= 11 is 1.17. The van der Waals surface area contributed by atoms with E-state index in [2.05, 4.69) is 15.5 Å². The Balaban J connectivity index is 1.61. The number of nitrogens with zero attached hydrogens (tertiary/aromatic N) is 2. The van der Waals surface area contributed by atoms with Gasteiger partial charge in [-0.25, -0.2) is 0 Å². The average molecular weight is 399 g/mol. The molecule has 1 amide bonds. The summed E-state index contributed by atoms with van der Waals surface area (Å²) in [7, 11) is 0. The van der Waals surface area contributed by atoms with Crippen molar-refractivity contribution in [3.63, 3.8) is 0 Å². The van der Waals surface area contributed by atoms with Crippen LogP contribution in [0.3, 0.4) is 0 Å². The molecule has 1 N–H and O–H groups in total. The molecule has 0 atom stereocenters. The molecule has 146 valence electrons. The van der Waals surface area contributed by atoms with Gasteiger partial charge in [0.25, 0.3) is 5.22 Å². The van der Waals surface area contributed by atoms with Crippen molar-refractivity contribution in [3.8, 4) is 23.0 Å². The zero-order valence-electron chi connectivity index (χ0n) is 15.7. The summed E-state index contributed by atoms with van der Waals surface area (Å²) in [6.45, 7) is 4.82. The van der Waals surface area contributed by atoms with E-state index in [0.717, 1.165) is 5.56 Å². The van der Waals surface area contributed by atoms with Crippen molar-refractivity contribution in [2.24, 2.45) is 0 Å². The molecule has 0 fully saturated rings. The maximum Gasteiger partial charge on any atom is 0.277 e. The Morgan fingerprint density at radius 3 is 2.61 bits per heavy atom. The van der Waals surface area contributed by atoms with Crippen LogP contribution in [0.2, 0.25) is 0 Å². The lowest BCUT2D eigenvalue weighted by atomic mass is 10.2. The third-order valence-electron chi connectivity index (χ3n) is 3.59. The quantitative estimate of drug-likeness (QED) is 0.538. The minimum Gasteiger partial charge on any atom is -0.494 e. The number of amides is 1. The molecule has 0 spiro atoms. The van der Waals surface area contributed by atoms with Crippen molar-refractivity contribution in [3.05, 3.63) is 48.5 Å². The van der Waals surface area contributed by atoms with E-state index in [-0.39, 0.29) is 11.7 Å². The summed E-state index contributed by atoms with van der Waals surface area (Å²) in [6.07, 6.45) is 0. The van der Waals surface area contributed by atoms with Gasteiger partial charge in [0.2, 0.25) is 11.8 Å². The largest absolute Gasteiger partial charge is 0.494 e. The standard InChI is InChI=1S/C20H21N3O4S/c1-3-25-15-10-11-17(26-4-2)16(12-15)21-18(24)13-28-20-23-22-19(27-20)14-8-6-5-7-9-14/h5-12H,3-4,13H2,1-2H3,(H,21,24). The van der Waals surface area contributed by atoms with Crippen LogP contribution in [0.1, 0.15) is 13.8 Å². The molecule has 0 radical (unpaired) electrons. The number of nitrogens with one attached hydrogen (secondary N) is 1. The Labute approximate surface area is 167 Å². The molecule has 28 heavy (non-hydrogen) atoms. The molecular formula is C20H21N3O4S. The first kappa shape index (κ1) is 19.8. The van der Waals surface area contributed by atoms with E-state index >= 15 is 0 Å². The van der Waals surface area contributed by atoms with Gasteiger partial charge < -0.3 is 19.2 Å². The van der Waals surface area contributed by atoms with Crippen LogP contribution in [-0.2, 0) is 4.79 Å². The molecule has 0 saturated carbocycles. The second-order valence-corrected chi connectivity index (χ2v) is 6.53. The predicted octanol–water partition coefficient (Wildman–Crippen LogP) is 4.26. The molecule has 8 heteroatoms. The summed E-state index contributed by atoms with van der Waals surface area (Å²) in [5.41, 5.74) is 1.40. The Hall–Kier alpha value is -3.00. The summed E-state index contributed by atoms with van der Waals surface area (Å²) < 4.78 is 16.7. The number of thioether (sulfide) groups is 1. The van der Waals surface area contributed by atoms with Crippen LogP contribution < -0.4 is 14.8 Å².